The molecule has 0 heterocycles. The molecule has 0 aliphatic heterocycles. The monoisotopic (exact) mass is 248 g/mol. The molecule has 0 aliphatic carbocycles. The van der Waals surface area contributed by atoms with E-state index in [1.54, 1.807) is 19.1 Å². The van der Waals surface area contributed by atoms with Crippen LogP contribution >= 0.6 is 11.6 Å². The van der Waals surface area contributed by atoms with Gasteiger partial charge in [-0.2, -0.15) is 0 Å². The van der Waals surface area contributed by atoms with Crippen molar-refractivity contribution in [1.29, 1.82) is 5.41 Å². The van der Waals surface area contributed by atoms with Gasteiger partial charge in [0.2, 0.25) is 0 Å². The van der Waals surface area contributed by atoms with Crippen molar-refractivity contribution in [1.82, 2.24) is 0 Å². The van der Waals surface area contributed by atoms with Crippen molar-refractivity contribution in [2.24, 2.45) is 5.73 Å². The first-order chi connectivity index (χ1) is 8.09. The van der Waals surface area contributed by atoms with E-state index in [-0.39, 0.29) is 5.84 Å². The fourth-order valence-electron chi connectivity index (χ4n) is 1.59. The summed E-state index contributed by atoms with van der Waals surface area (Å²) in [6.45, 7) is 1.74. The smallest absolute Gasteiger partial charge is 0.152 e. The largest absolute Gasteiger partial charge is 0.482 e. The van der Waals surface area contributed by atoms with Crippen molar-refractivity contribution >= 4 is 28.2 Å². The fourth-order valence-corrected chi connectivity index (χ4v) is 1.82. The van der Waals surface area contributed by atoms with Crippen molar-refractivity contribution in [3.63, 3.8) is 0 Å². The third-order valence-corrected chi connectivity index (χ3v) is 2.90. The minimum Gasteiger partial charge on any atom is -0.482 e. The van der Waals surface area contributed by atoms with Crippen LogP contribution in [-0.4, -0.2) is 11.9 Å². The number of hydrogen-bond donors (Lipinski definition) is 2. The number of ether oxygens (including phenoxy) is 1. The first-order valence-electron chi connectivity index (χ1n) is 5.27. The Morgan fingerprint density at radius 3 is 2.53 bits per heavy atom. The van der Waals surface area contributed by atoms with E-state index >= 15 is 0 Å². The fraction of sp³-hybridized carbons (Fsp3) is 0.154. The highest BCUT2D eigenvalue weighted by molar-refractivity contribution is 6.35. The van der Waals surface area contributed by atoms with E-state index in [0.29, 0.717) is 10.8 Å². The molecule has 0 radical (unpaired) electrons. The third kappa shape index (κ3) is 2.34. The van der Waals surface area contributed by atoms with Crippen LogP contribution in [-0.2, 0) is 0 Å². The number of hydrogen-bond acceptors (Lipinski definition) is 2. The van der Waals surface area contributed by atoms with Gasteiger partial charge < -0.3 is 10.5 Å². The molecule has 0 fully saturated rings. The zero-order chi connectivity index (χ0) is 12.4. The summed E-state index contributed by atoms with van der Waals surface area (Å²) in [6.07, 6.45) is -0.445. The molecule has 2 rings (SSSR count). The average molecular weight is 249 g/mol. The van der Waals surface area contributed by atoms with E-state index in [9.17, 15) is 0 Å². The summed E-state index contributed by atoms with van der Waals surface area (Å²) in [5.41, 5.74) is 5.39. The molecule has 0 spiro atoms. The van der Waals surface area contributed by atoms with E-state index in [0.717, 1.165) is 10.8 Å². The predicted molar refractivity (Wildman–Crippen MR) is 71.0 cm³/mol. The topological polar surface area (TPSA) is 59.1 Å². The van der Waals surface area contributed by atoms with Crippen LogP contribution in [0.2, 0.25) is 5.02 Å². The Hall–Kier alpha value is -1.74. The molecule has 1 atom stereocenters. The van der Waals surface area contributed by atoms with Crippen LogP contribution in [0.1, 0.15) is 6.92 Å². The number of benzene rings is 2. The van der Waals surface area contributed by atoms with Crippen LogP contribution in [0.5, 0.6) is 5.75 Å². The predicted octanol–water partition coefficient (Wildman–Crippen LogP) is 3.20. The lowest BCUT2D eigenvalue weighted by atomic mass is 10.1. The maximum atomic E-state index is 7.33. The molecule has 3 nitrogen and oxygen atoms in total. The summed E-state index contributed by atoms with van der Waals surface area (Å²) < 4.78 is 5.64. The van der Waals surface area contributed by atoms with Crippen LogP contribution in [0.4, 0.5) is 0 Å². The van der Waals surface area contributed by atoms with Gasteiger partial charge in [0.15, 0.2) is 6.10 Å². The standard InChI is InChI=1S/C13H13ClN2O/c1-8(13(15)16)17-12-7-6-11(14)9-4-2-3-5-10(9)12/h2-8H,1H3,(H3,15,16). The van der Waals surface area contributed by atoms with Crippen molar-refractivity contribution in [3.05, 3.63) is 41.4 Å². The quantitative estimate of drug-likeness (QED) is 0.647. The molecule has 0 bridgehead atoms. The van der Waals surface area contributed by atoms with Crippen molar-refractivity contribution < 1.29 is 4.74 Å². The number of amidine groups is 1. The Kier molecular flexibility index (Phi) is 3.20. The summed E-state index contributed by atoms with van der Waals surface area (Å²) in [4.78, 5) is 0. The first-order valence-corrected chi connectivity index (χ1v) is 5.65. The van der Waals surface area contributed by atoms with Crippen LogP contribution in [0, 0.1) is 5.41 Å². The van der Waals surface area contributed by atoms with Crippen LogP contribution in [0.3, 0.4) is 0 Å². The van der Waals surface area contributed by atoms with E-state index in [2.05, 4.69) is 0 Å². The minimum atomic E-state index is -0.445. The summed E-state index contributed by atoms with van der Waals surface area (Å²) in [5, 5.41) is 9.87. The van der Waals surface area contributed by atoms with Gasteiger partial charge in [-0.1, -0.05) is 35.9 Å². The lowest BCUT2D eigenvalue weighted by Crippen LogP contribution is -2.30. The zero-order valence-corrected chi connectivity index (χ0v) is 10.2. The molecule has 4 heteroatoms. The van der Waals surface area contributed by atoms with E-state index in [4.69, 9.17) is 27.5 Å². The summed E-state index contributed by atoms with van der Waals surface area (Å²) >= 11 is 6.11. The molecule has 0 saturated carbocycles. The minimum absolute atomic E-state index is 0.00373. The Morgan fingerprint density at radius 2 is 1.88 bits per heavy atom. The summed E-state index contributed by atoms with van der Waals surface area (Å²) in [5.74, 6) is 0.691. The Bertz CT molecular complexity index is 568. The molecule has 0 saturated heterocycles. The Morgan fingerprint density at radius 1 is 1.24 bits per heavy atom. The maximum absolute atomic E-state index is 7.33. The van der Waals surface area contributed by atoms with Crippen LogP contribution in [0.15, 0.2) is 36.4 Å². The number of fused-ring (bicyclic) bond motifs is 1. The molecular formula is C13H13ClN2O. The van der Waals surface area contributed by atoms with Crippen molar-refractivity contribution in [2.75, 3.05) is 0 Å². The lowest BCUT2D eigenvalue weighted by molar-refractivity contribution is 0.288. The molecule has 0 amide bonds. The third-order valence-electron chi connectivity index (χ3n) is 2.57. The maximum Gasteiger partial charge on any atom is 0.152 e. The number of nitrogens with two attached hydrogens (primary N) is 1. The Balaban J connectivity index is 2.48. The highest BCUT2D eigenvalue weighted by atomic mass is 35.5. The molecule has 0 aliphatic rings. The van der Waals surface area contributed by atoms with Gasteiger partial charge in [0.25, 0.3) is 0 Å². The van der Waals surface area contributed by atoms with Crippen LogP contribution in [0.25, 0.3) is 10.8 Å². The summed E-state index contributed by atoms with van der Waals surface area (Å²) in [7, 11) is 0. The molecule has 2 aromatic carbocycles. The Labute approximate surface area is 105 Å². The van der Waals surface area contributed by atoms with Gasteiger partial charge in [0.05, 0.1) is 0 Å². The number of rotatable bonds is 3. The van der Waals surface area contributed by atoms with Gasteiger partial charge >= 0.3 is 0 Å². The van der Waals surface area contributed by atoms with Crippen molar-refractivity contribution in [3.8, 4) is 5.75 Å². The van der Waals surface area contributed by atoms with Crippen molar-refractivity contribution in [2.45, 2.75) is 13.0 Å². The second kappa shape index (κ2) is 4.63. The molecule has 2 aromatic rings. The molecule has 1 unspecified atom stereocenters. The van der Waals surface area contributed by atoms with Gasteiger partial charge in [-0.25, -0.2) is 0 Å². The van der Waals surface area contributed by atoms with E-state index in [1.165, 1.54) is 0 Å². The van der Waals surface area contributed by atoms with Gasteiger partial charge in [-0.15, -0.1) is 0 Å². The molecule has 88 valence electrons. The highest BCUT2D eigenvalue weighted by Crippen LogP contribution is 2.31. The van der Waals surface area contributed by atoms with E-state index < -0.39 is 6.10 Å². The molecule has 17 heavy (non-hydrogen) atoms. The molecule has 0 aromatic heterocycles. The first kappa shape index (κ1) is 11.7. The van der Waals surface area contributed by atoms with Gasteiger partial charge in [-0.3, -0.25) is 5.41 Å². The zero-order valence-electron chi connectivity index (χ0n) is 9.41. The van der Waals surface area contributed by atoms with Gasteiger partial charge in [-0.05, 0) is 19.1 Å². The highest BCUT2D eigenvalue weighted by Gasteiger charge is 2.10. The lowest BCUT2D eigenvalue weighted by Gasteiger charge is -2.15. The number of halogens is 1. The molecule has 3 N–H and O–H groups in total. The second-order valence-electron chi connectivity index (χ2n) is 3.81. The van der Waals surface area contributed by atoms with Gasteiger partial charge in [0, 0.05) is 15.8 Å². The second-order valence-corrected chi connectivity index (χ2v) is 4.21. The summed E-state index contributed by atoms with van der Waals surface area (Å²) in [6, 6.07) is 11.3. The van der Waals surface area contributed by atoms with Crippen LogP contribution < -0.4 is 10.5 Å². The normalized spacial score (nSPS) is 12.4. The van der Waals surface area contributed by atoms with E-state index in [1.807, 2.05) is 24.3 Å². The van der Waals surface area contributed by atoms with Gasteiger partial charge in [0.1, 0.15) is 11.6 Å². The SMILES string of the molecule is CC(Oc1ccc(Cl)c2ccccc12)C(=N)N. The number of nitrogens with one attached hydrogen (secondary N) is 1. The molecular weight excluding hydrogens is 236 g/mol. The average Bonchev–Trinajstić information content (AvgIpc) is 2.33.